The molecule has 1 aromatic rings. The highest BCUT2D eigenvalue weighted by atomic mass is 14.9. The standard InChI is InChI=1S/C25H15N3/c1-2-11-9-10(1)18-12-3-5-14(26-12)20-16-7-8-17(28-16)21-15-6-4-13(27-15)19(11)23-22(18)24(20)25(21)23/h1-8,22-26H,9H2. The molecular formula is C25H15N3. The molecule has 3 heteroatoms. The summed E-state index contributed by atoms with van der Waals surface area (Å²) in [5.41, 5.74) is 16.1. The Balaban J connectivity index is 1.51. The fourth-order valence-corrected chi connectivity index (χ4v) is 7.19. The quantitative estimate of drug-likeness (QED) is 0.708. The lowest BCUT2D eigenvalue weighted by atomic mass is 9.46. The molecule has 4 unspecified atom stereocenters. The number of aromatic amines is 1. The van der Waals surface area contributed by atoms with Crippen LogP contribution in [-0.4, -0.2) is 16.4 Å². The Kier molecular flexibility index (Phi) is 1.79. The molecule has 0 saturated heterocycles. The maximum Gasteiger partial charge on any atom is 0.0694 e. The highest BCUT2D eigenvalue weighted by molar-refractivity contribution is 6.19. The molecule has 0 amide bonds. The van der Waals surface area contributed by atoms with Gasteiger partial charge in [-0.3, -0.25) is 0 Å². The zero-order chi connectivity index (χ0) is 17.7. The first-order chi connectivity index (χ1) is 13.9. The minimum Gasteiger partial charge on any atom is -0.355 e. The van der Waals surface area contributed by atoms with Crippen molar-refractivity contribution in [3.05, 3.63) is 93.7 Å². The molecule has 0 radical (unpaired) electrons. The van der Waals surface area contributed by atoms with Gasteiger partial charge in [-0.15, -0.1) is 0 Å². The first-order valence-electron chi connectivity index (χ1n) is 10.2. The van der Waals surface area contributed by atoms with Crippen LogP contribution >= 0.6 is 0 Å². The van der Waals surface area contributed by atoms with E-state index in [1.165, 1.54) is 45.0 Å². The van der Waals surface area contributed by atoms with Crippen LogP contribution in [0.1, 0.15) is 17.8 Å². The second kappa shape index (κ2) is 3.83. The van der Waals surface area contributed by atoms with Crippen LogP contribution in [0.5, 0.6) is 0 Å². The van der Waals surface area contributed by atoms with Gasteiger partial charge < -0.3 is 4.98 Å². The number of aromatic nitrogens is 1. The van der Waals surface area contributed by atoms with Gasteiger partial charge in [0.05, 0.1) is 22.8 Å². The predicted octanol–water partition coefficient (Wildman–Crippen LogP) is 4.54. The SMILES string of the molecule is C1=CC2=C3C4=NC(=C5c6ccc([nH]6)C6=C7C=CC(=C(C1=N2)C1C3C5C61)C7)C=C4. The van der Waals surface area contributed by atoms with Crippen molar-refractivity contribution >= 4 is 22.6 Å². The highest BCUT2D eigenvalue weighted by Crippen LogP contribution is 2.69. The number of rotatable bonds is 0. The summed E-state index contributed by atoms with van der Waals surface area (Å²) >= 11 is 0. The highest BCUT2D eigenvalue weighted by Gasteiger charge is 2.62. The average molecular weight is 357 g/mol. The van der Waals surface area contributed by atoms with Gasteiger partial charge in [0.15, 0.2) is 0 Å². The molecule has 8 aliphatic rings. The molecule has 8 bridgehead atoms. The molecule has 130 valence electrons. The van der Waals surface area contributed by atoms with Crippen molar-refractivity contribution in [3.8, 4) is 0 Å². The summed E-state index contributed by atoms with van der Waals surface area (Å²) in [5.74, 6) is 2.02. The Morgan fingerprint density at radius 3 is 2.00 bits per heavy atom. The molecule has 1 fully saturated rings. The van der Waals surface area contributed by atoms with Gasteiger partial charge in [0.2, 0.25) is 0 Å². The maximum atomic E-state index is 5.13. The molecule has 6 heterocycles. The van der Waals surface area contributed by atoms with E-state index in [4.69, 9.17) is 9.98 Å². The Labute approximate surface area is 161 Å². The topological polar surface area (TPSA) is 40.5 Å². The van der Waals surface area contributed by atoms with E-state index in [1.807, 2.05) is 0 Å². The lowest BCUT2D eigenvalue weighted by molar-refractivity contribution is 0.131. The average Bonchev–Trinajstić information content (AvgIpc) is 3.43. The van der Waals surface area contributed by atoms with Crippen molar-refractivity contribution in [1.82, 2.24) is 4.98 Å². The van der Waals surface area contributed by atoms with Gasteiger partial charge in [0.25, 0.3) is 0 Å². The van der Waals surface area contributed by atoms with Crippen LogP contribution in [0, 0.1) is 23.7 Å². The van der Waals surface area contributed by atoms with Crippen LogP contribution in [0.3, 0.4) is 0 Å². The monoisotopic (exact) mass is 357 g/mol. The van der Waals surface area contributed by atoms with E-state index in [0.717, 1.165) is 23.5 Å². The van der Waals surface area contributed by atoms with Gasteiger partial charge in [-0.05, 0) is 65.2 Å². The molecule has 1 saturated carbocycles. The van der Waals surface area contributed by atoms with E-state index in [-0.39, 0.29) is 0 Å². The minimum atomic E-state index is 0.482. The second-order valence-corrected chi connectivity index (χ2v) is 9.04. The van der Waals surface area contributed by atoms with Crippen LogP contribution in [0.15, 0.2) is 92.3 Å². The summed E-state index contributed by atoms with van der Waals surface area (Å²) in [6.07, 6.45) is 14.7. The molecule has 0 spiro atoms. The number of nitrogens with one attached hydrogen (secondary N) is 1. The van der Waals surface area contributed by atoms with Crippen molar-refractivity contribution in [2.24, 2.45) is 33.7 Å². The van der Waals surface area contributed by atoms with E-state index < -0.39 is 0 Å². The van der Waals surface area contributed by atoms with Gasteiger partial charge in [-0.25, -0.2) is 9.98 Å². The van der Waals surface area contributed by atoms with Gasteiger partial charge in [0.1, 0.15) is 0 Å². The van der Waals surface area contributed by atoms with Crippen molar-refractivity contribution in [1.29, 1.82) is 0 Å². The largest absolute Gasteiger partial charge is 0.355 e. The lowest BCUT2D eigenvalue weighted by Crippen LogP contribution is -2.51. The molecule has 1 aromatic heterocycles. The predicted molar refractivity (Wildman–Crippen MR) is 110 cm³/mol. The summed E-state index contributed by atoms with van der Waals surface area (Å²) in [5, 5.41) is 0. The fraction of sp³-hybridized carbons (Fsp3) is 0.200. The van der Waals surface area contributed by atoms with Crippen LogP contribution in [0.25, 0.3) is 11.1 Å². The molecule has 3 aliphatic carbocycles. The summed E-state index contributed by atoms with van der Waals surface area (Å²) < 4.78 is 0. The van der Waals surface area contributed by atoms with Gasteiger partial charge in [-0.2, -0.15) is 0 Å². The van der Waals surface area contributed by atoms with Crippen LogP contribution in [-0.2, 0) is 0 Å². The number of fused-ring (bicyclic) bond motifs is 10. The molecule has 4 atom stereocenters. The number of allylic oxidation sites excluding steroid dienone is 12. The van der Waals surface area contributed by atoms with Crippen LogP contribution in [0.4, 0.5) is 0 Å². The van der Waals surface area contributed by atoms with Crippen molar-refractivity contribution < 1.29 is 0 Å². The molecule has 5 aliphatic heterocycles. The molecular weight excluding hydrogens is 342 g/mol. The lowest BCUT2D eigenvalue weighted by Gasteiger charge is -2.54. The van der Waals surface area contributed by atoms with E-state index in [0.29, 0.717) is 23.7 Å². The summed E-state index contributed by atoms with van der Waals surface area (Å²) in [4.78, 5) is 14.0. The van der Waals surface area contributed by atoms with Crippen molar-refractivity contribution in [3.63, 3.8) is 0 Å². The normalized spacial score (nSPS) is 35.9. The minimum absolute atomic E-state index is 0.482. The molecule has 1 N–H and O–H groups in total. The number of hydrogen-bond acceptors (Lipinski definition) is 2. The zero-order valence-corrected chi connectivity index (χ0v) is 15.0. The van der Waals surface area contributed by atoms with Crippen molar-refractivity contribution in [2.75, 3.05) is 0 Å². The van der Waals surface area contributed by atoms with E-state index in [9.17, 15) is 0 Å². The van der Waals surface area contributed by atoms with Crippen molar-refractivity contribution in [2.45, 2.75) is 6.42 Å². The smallest absolute Gasteiger partial charge is 0.0694 e. The molecule has 28 heavy (non-hydrogen) atoms. The number of aliphatic imine (C=N–C) groups is 2. The number of nitrogens with zero attached hydrogens (tertiary/aromatic N) is 2. The first-order valence-corrected chi connectivity index (χ1v) is 10.2. The van der Waals surface area contributed by atoms with Crippen LogP contribution < -0.4 is 0 Å². The van der Waals surface area contributed by atoms with E-state index in [1.54, 1.807) is 5.57 Å². The Bertz CT molecular complexity index is 1390. The number of hydrogen-bond donors (Lipinski definition) is 1. The second-order valence-electron chi connectivity index (χ2n) is 9.04. The summed E-state index contributed by atoms with van der Waals surface area (Å²) in [6, 6.07) is 4.56. The Morgan fingerprint density at radius 2 is 1.18 bits per heavy atom. The zero-order valence-electron chi connectivity index (χ0n) is 15.0. The third-order valence-corrected chi connectivity index (χ3v) is 8.09. The molecule has 9 rings (SSSR count). The molecule has 3 nitrogen and oxygen atoms in total. The van der Waals surface area contributed by atoms with Gasteiger partial charge in [0, 0.05) is 46.2 Å². The summed E-state index contributed by atoms with van der Waals surface area (Å²) in [7, 11) is 0. The Morgan fingerprint density at radius 1 is 0.607 bits per heavy atom. The first kappa shape index (κ1) is 13.1. The van der Waals surface area contributed by atoms with E-state index >= 15 is 0 Å². The van der Waals surface area contributed by atoms with Crippen LogP contribution in [0.2, 0.25) is 0 Å². The number of H-pyrrole nitrogens is 1. The third kappa shape index (κ3) is 1.16. The Hall–Kier alpha value is -3.20. The van der Waals surface area contributed by atoms with E-state index in [2.05, 4.69) is 53.6 Å². The third-order valence-electron chi connectivity index (χ3n) is 8.09. The van der Waals surface area contributed by atoms with Gasteiger partial charge >= 0.3 is 0 Å². The van der Waals surface area contributed by atoms with Gasteiger partial charge in [-0.1, -0.05) is 12.2 Å². The summed E-state index contributed by atoms with van der Waals surface area (Å²) in [6.45, 7) is 0. The fourth-order valence-electron chi connectivity index (χ4n) is 7.19. The maximum absolute atomic E-state index is 5.13. The molecule has 0 aromatic carbocycles.